The third-order valence-corrected chi connectivity index (χ3v) is 6.01. The molecular weight excluding hydrogens is 464 g/mol. The number of aromatic nitrogens is 4. The molecule has 1 aliphatic rings. The van der Waals surface area contributed by atoms with Gasteiger partial charge in [0.1, 0.15) is 11.2 Å². The van der Waals surface area contributed by atoms with Gasteiger partial charge in [0.15, 0.2) is 23.3 Å². The maximum atomic E-state index is 14.3. The van der Waals surface area contributed by atoms with Gasteiger partial charge in [-0.2, -0.15) is 22.6 Å². The number of alkyl halides is 3. The molecule has 33 heavy (non-hydrogen) atoms. The summed E-state index contributed by atoms with van der Waals surface area (Å²) in [5, 5.41) is 9.37. The SMILES string of the molecule is COc1c(F)cccc1Nc1c(-c2ccnc3cnsc23)nn2c1C(=O)NC[C@@H]2C(F)(F)F. The third-order valence-electron chi connectivity index (χ3n) is 5.19. The highest BCUT2D eigenvalue weighted by Crippen LogP contribution is 2.43. The van der Waals surface area contributed by atoms with Crippen molar-refractivity contribution in [2.45, 2.75) is 12.2 Å². The number of benzene rings is 1. The molecule has 1 aromatic carbocycles. The number of nitrogens with one attached hydrogen (secondary N) is 2. The first-order chi connectivity index (χ1) is 15.8. The van der Waals surface area contributed by atoms with Crippen LogP contribution in [0.3, 0.4) is 0 Å². The van der Waals surface area contributed by atoms with Crippen molar-refractivity contribution in [3.05, 3.63) is 48.2 Å². The fourth-order valence-corrected chi connectivity index (χ4v) is 4.44. The Kier molecular flexibility index (Phi) is 4.92. The Labute approximate surface area is 187 Å². The second-order valence-electron chi connectivity index (χ2n) is 7.13. The van der Waals surface area contributed by atoms with Gasteiger partial charge in [0.05, 0.1) is 29.4 Å². The average molecular weight is 478 g/mol. The molecule has 4 aromatic rings. The van der Waals surface area contributed by atoms with E-state index in [2.05, 4.69) is 25.1 Å². The van der Waals surface area contributed by atoms with E-state index in [0.717, 1.165) is 11.5 Å². The number of hydrogen-bond acceptors (Lipinski definition) is 7. The first-order valence-electron chi connectivity index (χ1n) is 9.56. The Hall–Kier alpha value is -3.74. The van der Waals surface area contributed by atoms with Crippen molar-refractivity contribution in [1.82, 2.24) is 24.5 Å². The average Bonchev–Trinajstić information content (AvgIpc) is 3.39. The molecule has 0 radical (unpaired) electrons. The lowest BCUT2D eigenvalue weighted by Gasteiger charge is -2.27. The normalized spacial score (nSPS) is 15.9. The number of ether oxygens (including phenoxy) is 1. The predicted molar refractivity (Wildman–Crippen MR) is 112 cm³/mol. The minimum Gasteiger partial charge on any atom is -0.492 e. The fraction of sp³-hybridized carbons (Fsp3) is 0.200. The van der Waals surface area contributed by atoms with Crippen molar-refractivity contribution in [3.63, 3.8) is 0 Å². The summed E-state index contributed by atoms with van der Waals surface area (Å²) in [5.41, 5.74) is 0.779. The van der Waals surface area contributed by atoms with Crippen LogP contribution < -0.4 is 15.4 Å². The molecule has 2 N–H and O–H groups in total. The maximum Gasteiger partial charge on any atom is 0.412 e. The van der Waals surface area contributed by atoms with Crippen molar-refractivity contribution in [1.29, 1.82) is 0 Å². The Morgan fingerprint density at radius 1 is 1.30 bits per heavy atom. The second-order valence-corrected chi connectivity index (χ2v) is 7.93. The van der Waals surface area contributed by atoms with E-state index in [1.54, 1.807) is 6.07 Å². The molecule has 0 aliphatic carbocycles. The molecule has 0 saturated carbocycles. The van der Waals surface area contributed by atoms with E-state index in [1.165, 1.54) is 37.7 Å². The molecule has 1 amide bonds. The summed E-state index contributed by atoms with van der Waals surface area (Å²) in [5.74, 6) is -1.59. The van der Waals surface area contributed by atoms with Gasteiger partial charge >= 0.3 is 6.18 Å². The lowest BCUT2D eigenvalue weighted by atomic mass is 10.1. The molecule has 0 unspecified atom stereocenters. The van der Waals surface area contributed by atoms with Gasteiger partial charge in [-0.1, -0.05) is 6.07 Å². The van der Waals surface area contributed by atoms with Crippen molar-refractivity contribution in [2.24, 2.45) is 0 Å². The molecule has 13 heteroatoms. The predicted octanol–water partition coefficient (Wildman–Crippen LogP) is 4.29. The van der Waals surface area contributed by atoms with E-state index in [0.29, 0.717) is 20.5 Å². The Morgan fingerprint density at radius 2 is 2.12 bits per heavy atom. The van der Waals surface area contributed by atoms with Crippen LogP contribution in [0.25, 0.3) is 21.5 Å². The lowest BCUT2D eigenvalue weighted by Crippen LogP contribution is -2.45. The summed E-state index contributed by atoms with van der Waals surface area (Å²) in [6.07, 6.45) is -1.68. The smallest absolute Gasteiger partial charge is 0.412 e. The number of amides is 1. The van der Waals surface area contributed by atoms with E-state index in [1.807, 2.05) is 0 Å². The summed E-state index contributed by atoms with van der Waals surface area (Å²) in [4.78, 5) is 16.9. The molecule has 1 atom stereocenters. The summed E-state index contributed by atoms with van der Waals surface area (Å²) in [7, 11) is 1.26. The Morgan fingerprint density at radius 3 is 2.88 bits per heavy atom. The van der Waals surface area contributed by atoms with Crippen molar-refractivity contribution < 1.29 is 27.1 Å². The number of hydrogen-bond donors (Lipinski definition) is 2. The van der Waals surface area contributed by atoms with Gasteiger partial charge in [0, 0.05) is 18.3 Å². The number of rotatable bonds is 4. The number of pyridine rings is 1. The molecule has 8 nitrogen and oxygen atoms in total. The van der Waals surface area contributed by atoms with Gasteiger partial charge in [0.2, 0.25) is 0 Å². The van der Waals surface area contributed by atoms with Crippen LogP contribution in [-0.4, -0.2) is 44.9 Å². The highest BCUT2D eigenvalue weighted by molar-refractivity contribution is 7.13. The number of anilines is 2. The van der Waals surface area contributed by atoms with E-state index in [-0.39, 0.29) is 28.5 Å². The second kappa shape index (κ2) is 7.69. The first-order valence-corrected chi connectivity index (χ1v) is 10.3. The number of fused-ring (bicyclic) bond motifs is 2. The largest absolute Gasteiger partial charge is 0.492 e. The van der Waals surface area contributed by atoms with Crippen molar-refractivity contribution >= 4 is 39.0 Å². The molecule has 5 rings (SSSR count). The van der Waals surface area contributed by atoms with Crippen LogP contribution in [0.15, 0.2) is 36.7 Å². The molecule has 3 aromatic heterocycles. The van der Waals surface area contributed by atoms with E-state index < -0.39 is 30.5 Å². The van der Waals surface area contributed by atoms with Crippen LogP contribution in [0.2, 0.25) is 0 Å². The van der Waals surface area contributed by atoms with Gasteiger partial charge < -0.3 is 15.4 Å². The molecule has 1 aliphatic heterocycles. The van der Waals surface area contributed by atoms with Crippen molar-refractivity contribution in [2.75, 3.05) is 19.0 Å². The van der Waals surface area contributed by atoms with Crippen LogP contribution in [0.1, 0.15) is 16.5 Å². The monoisotopic (exact) mass is 478 g/mol. The van der Waals surface area contributed by atoms with E-state index in [4.69, 9.17) is 4.74 Å². The molecule has 0 saturated heterocycles. The fourth-order valence-electron chi connectivity index (χ4n) is 3.72. The molecule has 170 valence electrons. The molecule has 0 spiro atoms. The zero-order valence-corrected chi connectivity index (χ0v) is 17.6. The van der Waals surface area contributed by atoms with Gasteiger partial charge in [0.25, 0.3) is 5.91 Å². The highest BCUT2D eigenvalue weighted by Gasteiger charge is 2.47. The molecular formula is C20H14F4N6O2S. The summed E-state index contributed by atoms with van der Waals surface area (Å²) in [6, 6.07) is 3.56. The maximum absolute atomic E-state index is 14.3. The Bertz CT molecular complexity index is 1380. The van der Waals surface area contributed by atoms with Gasteiger partial charge in [-0.3, -0.25) is 9.78 Å². The summed E-state index contributed by atoms with van der Waals surface area (Å²) in [6.45, 7) is -0.661. The number of carbonyl (C=O) groups excluding carboxylic acids is 1. The first kappa shape index (κ1) is 21.1. The van der Waals surface area contributed by atoms with E-state index >= 15 is 0 Å². The van der Waals surface area contributed by atoms with Gasteiger partial charge in [-0.15, -0.1) is 0 Å². The quantitative estimate of drug-likeness (QED) is 0.425. The molecule has 0 bridgehead atoms. The number of methoxy groups -OCH3 is 1. The zero-order chi connectivity index (χ0) is 23.3. The van der Waals surface area contributed by atoms with Crippen LogP contribution in [0, 0.1) is 5.82 Å². The van der Waals surface area contributed by atoms with Crippen LogP contribution in [-0.2, 0) is 0 Å². The topological polar surface area (TPSA) is 94.0 Å². The van der Waals surface area contributed by atoms with E-state index in [9.17, 15) is 22.4 Å². The Balaban J connectivity index is 1.78. The molecule has 4 heterocycles. The highest BCUT2D eigenvalue weighted by atomic mass is 32.1. The van der Waals surface area contributed by atoms with Gasteiger partial charge in [-0.05, 0) is 29.7 Å². The lowest BCUT2D eigenvalue weighted by molar-refractivity contribution is -0.169. The number of carbonyl (C=O) groups is 1. The van der Waals surface area contributed by atoms with Crippen molar-refractivity contribution in [3.8, 4) is 17.0 Å². The van der Waals surface area contributed by atoms with Crippen LogP contribution >= 0.6 is 11.5 Å². The van der Waals surface area contributed by atoms with Crippen LogP contribution in [0.4, 0.5) is 28.9 Å². The number of para-hydroxylation sites is 1. The van der Waals surface area contributed by atoms with Crippen LogP contribution in [0.5, 0.6) is 5.75 Å². The third kappa shape index (κ3) is 3.44. The number of nitrogens with zero attached hydrogens (tertiary/aromatic N) is 4. The minimum atomic E-state index is -4.67. The standard InChI is InChI=1S/C20H14F4N6O2S/c1-32-17-10(21)3-2-4-11(17)28-15-14(9-5-6-25-12-7-27-33-18(9)12)29-30-13(20(22,23)24)8-26-19(31)16(15)30/h2-7,13,28H,8H2,1H3,(H,26,31)/t13-/m1/s1. The zero-order valence-electron chi connectivity index (χ0n) is 16.8. The minimum absolute atomic E-state index is 0.0220. The van der Waals surface area contributed by atoms with Gasteiger partial charge in [-0.25, -0.2) is 9.07 Å². The number of halogens is 4. The summed E-state index contributed by atoms with van der Waals surface area (Å²) < 4.78 is 66.0. The summed E-state index contributed by atoms with van der Waals surface area (Å²) >= 11 is 1.09. The molecule has 0 fully saturated rings.